The summed E-state index contributed by atoms with van der Waals surface area (Å²) in [6.07, 6.45) is 9.22. The molecule has 7 nitrogen and oxygen atoms in total. The molecular weight excluding hydrogens is 393 g/mol. The highest BCUT2D eigenvalue weighted by Gasteiger charge is 2.34. The molecule has 4 heterocycles. The topological polar surface area (TPSA) is 84.7 Å². The first-order chi connectivity index (χ1) is 15.1. The van der Waals surface area contributed by atoms with Crippen molar-refractivity contribution in [3.63, 3.8) is 0 Å². The van der Waals surface area contributed by atoms with E-state index in [0.29, 0.717) is 24.2 Å². The first-order valence-electron chi connectivity index (χ1n) is 10.6. The molecule has 1 aliphatic carbocycles. The van der Waals surface area contributed by atoms with Crippen LogP contribution in [0.4, 0.5) is 4.39 Å². The second-order valence-corrected chi connectivity index (χ2v) is 8.09. The van der Waals surface area contributed by atoms with Crippen LogP contribution in [0, 0.1) is 11.3 Å². The summed E-state index contributed by atoms with van der Waals surface area (Å²) < 4.78 is 18.3. The number of rotatable bonds is 5. The molecule has 156 valence electrons. The van der Waals surface area contributed by atoms with Gasteiger partial charge in [0.1, 0.15) is 17.4 Å². The molecule has 4 aromatic rings. The molecule has 4 aromatic heterocycles. The van der Waals surface area contributed by atoms with E-state index in [-0.39, 0.29) is 6.54 Å². The molecule has 0 N–H and O–H groups in total. The lowest BCUT2D eigenvalue weighted by Gasteiger charge is -2.18. The van der Waals surface area contributed by atoms with E-state index in [9.17, 15) is 9.65 Å². The van der Waals surface area contributed by atoms with Gasteiger partial charge in [-0.05, 0) is 37.1 Å². The van der Waals surface area contributed by atoms with Crippen molar-refractivity contribution < 1.29 is 4.39 Å². The van der Waals surface area contributed by atoms with E-state index in [1.807, 2.05) is 37.5 Å². The van der Waals surface area contributed by atoms with Gasteiger partial charge < -0.3 is 0 Å². The standard InChI is InChI=1S/C23H22FN7/c1-2-20-28-21-11-16(7-10-31(21)29-20)22-19(6-5-18(12-25)27-22)17-13-26-30(14-17)15-23(24)8-3-4-9-23/h5-7,10-11,13-14H,2-4,8-9,15H2,1H3. The zero-order chi connectivity index (χ0) is 21.4. The van der Waals surface area contributed by atoms with E-state index >= 15 is 0 Å². The van der Waals surface area contributed by atoms with Crippen LogP contribution in [0.15, 0.2) is 42.9 Å². The maximum Gasteiger partial charge on any atom is 0.156 e. The molecule has 1 saturated carbocycles. The number of halogens is 1. The van der Waals surface area contributed by atoms with Crippen LogP contribution in [0.25, 0.3) is 28.0 Å². The molecule has 0 unspecified atom stereocenters. The number of nitrogens with zero attached hydrogens (tertiary/aromatic N) is 7. The van der Waals surface area contributed by atoms with Gasteiger partial charge >= 0.3 is 0 Å². The van der Waals surface area contributed by atoms with Crippen molar-refractivity contribution in [3.8, 4) is 28.5 Å². The quantitative estimate of drug-likeness (QED) is 0.483. The Balaban J connectivity index is 1.55. The number of alkyl halides is 1. The summed E-state index contributed by atoms with van der Waals surface area (Å²) in [4.78, 5) is 9.10. The zero-order valence-corrected chi connectivity index (χ0v) is 17.3. The SMILES string of the molecule is CCc1nc2cc(-c3nc(C#N)ccc3-c3cnn(CC4(F)CCCC4)c3)ccn2n1. The lowest BCUT2D eigenvalue weighted by atomic mass is 10.0. The van der Waals surface area contributed by atoms with Crippen LogP contribution in [0.5, 0.6) is 0 Å². The largest absolute Gasteiger partial charge is 0.269 e. The molecule has 31 heavy (non-hydrogen) atoms. The summed E-state index contributed by atoms with van der Waals surface area (Å²) in [5.74, 6) is 0.768. The van der Waals surface area contributed by atoms with Gasteiger partial charge in [-0.2, -0.15) is 15.5 Å². The normalized spacial score (nSPS) is 15.4. The van der Waals surface area contributed by atoms with Crippen molar-refractivity contribution in [2.24, 2.45) is 0 Å². The van der Waals surface area contributed by atoms with Gasteiger partial charge in [0.25, 0.3) is 0 Å². The molecule has 0 atom stereocenters. The van der Waals surface area contributed by atoms with Crippen LogP contribution in [0.3, 0.4) is 0 Å². The minimum Gasteiger partial charge on any atom is -0.269 e. The Morgan fingerprint density at radius 2 is 2.00 bits per heavy atom. The minimum atomic E-state index is -1.18. The Morgan fingerprint density at radius 3 is 2.77 bits per heavy atom. The molecule has 1 aliphatic rings. The number of aryl methyl sites for hydroxylation is 1. The third kappa shape index (κ3) is 3.67. The van der Waals surface area contributed by atoms with Gasteiger partial charge in [0.2, 0.25) is 0 Å². The molecular formula is C23H22FN7. The van der Waals surface area contributed by atoms with E-state index in [0.717, 1.165) is 47.4 Å². The molecule has 0 radical (unpaired) electrons. The summed E-state index contributed by atoms with van der Waals surface area (Å²) in [5.41, 5.74) is 3.05. The fourth-order valence-electron chi connectivity index (χ4n) is 4.25. The van der Waals surface area contributed by atoms with Crippen LogP contribution in [-0.2, 0) is 13.0 Å². The van der Waals surface area contributed by atoms with Gasteiger partial charge in [-0.1, -0.05) is 19.8 Å². The lowest BCUT2D eigenvalue weighted by Crippen LogP contribution is -2.25. The van der Waals surface area contributed by atoms with Crippen LogP contribution >= 0.6 is 0 Å². The molecule has 0 saturated heterocycles. The maximum absolute atomic E-state index is 14.9. The third-order valence-electron chi connectivity index (χ3n) is 5.87. The van der Waals surface area contributed by atoms with Gasteiger partial charge in [0, 0.05) is 35.5 Å². The number of hydrogen-bond acceptors (Lipinski definition) is 5. The first-order valence-corrected chi connectivity index (χ1v) is 10.6. The highest BCUT2D eigenvalue weighted by molar-refractivity contribution is 5.81. The van der Waals surface area contributed by atoms with Crippen molar-refractivity contribution >= 4 is 5.65 Å². The van der Waals surface area contributed by atoms with Crippen molar-refractivity contribution in [3.05, 3.63) is 54.4 Å². The Bertz CT molecular complexity index is 1290. The zero-order valence-electron chi connectivity index (χ0n) is 17.3. The Kier molecular flexibility index (Phi) is 4.74. The van der Waals surface area contributed by atoms with Gasteiger partial charge in [-0.15, -0.1) is 0 Å². The predicted molar refractivity (Wildman–Crippen MR) is 114 cm³/mol. The molecule has 8 heteroatoms. The molecule has 0 aromatic carbocycles. The van der Waals surface area contributed by atoms with Crippen molar-refractivity contribution in [1.82, 2.24) is 29.4 Å². The Morgan fingerprint density at radius 1 is 1.16 bits per heavy atom. The van der Waals surface area contributed by atoms with Crippen molar-refractivity contribution in [1.29, 1.82) is 5.26 Å². The van der Waals surface area contributed by atoms with E-state index in [1.54, 1.807) is 21.5 Å². The summed E-state index contributed by atoms with van der Waals surface area (Å²) >= 11 is 0. The Hall–Kier alpha value is -3.60. The summed E-state index contributed by atoms with van der Waals surface area (Å²) in [6, 6.07) is 9.49. The summed E-state index contributed by atoms with van der Waals surface area (Å²) in [7, 11) is 0. The second kappa shape index (κ2) is 7.58. The van der Waals surface area contributed by atoms with Crippen LogP contribution in [0.2, 0.25) is 0 Å². The minimum absolute atomic E-state index is 0.261. The second-order valence-electron chi connectivity index (χ2n) is 8.09. The molecule has 1 fully saturated rings. The van der Waals surface area contributed by atoms with Crippen molar-refractivity contribution in [2.45, 2.75) is 51.2 Å². The number of hydrogen-bond donors (Lipinski definition) is 0. The van der Waals surface area contributed by atoms with Crippen molar-refractivity contribution in [2.75, 3.05) is 0 Å². The van der Waals surface area contributed by atoms with Gasteiger partial charge in [-0.25, -0.2) is 18.9 Å². The first kappa shape index (κ1) is 19.4. The number of aromatic nitrogens is 6. The molecule has 0 amide bonds. The van der Waals surface area contributed by atoms with Crippen LogP contribution < -0.4 is 0 Å². The fourth-order valence-corrected chi connectivity index (χ4v) is 4.25. The third-order valence-corrected chi connectivity index (χ3v) is 5.87. The molecule has 5 rings (SSSR count). The average molecular weight is 415 g/mol. The molecule has 0 bridgehead atoms. The van der Waals surface area contributed by atoms with Gasteiger partial charge in [0.15, 0.2) is 11.5 Å². The summed E-state index contributed by atoms with van der Waals surface area (Å²) in [5, 5.41) is 18.2. The van der Waals surface area contributed by atoms with Gasteiger partial charge in [0.05, 0.1) is 18.4 Å². The van der Waals surface area contributed by atoms with E-state index in [2.05, 4.69) is 26.2 Å². The van der Waals surface area contributed by atoms with E-state index in [4.69, 9.17) is 0 Å². The van der Waals surface area contributed by atoms with Gasteiger partial charge in [-0.3, -0.25) is 4.68 Å². The van der Waals surface area contributed by atoms with E-state index < -0.39 is 5.67 Å². The smallest absolute Gasteiger partial charge is 0.156 e. The molecule has 0 aliphatic heterocycles. The van der Waals surface area contributed by atoms with Crippen LogP contribution in [-0.4, -0.2) is 35.0 Å². The van der Waals surface area contributed by atoms with E-state index in [1.165, 1.54) is 0 Å². The molecule has 0 spiro atoms. The number of fused-ring (bicyclic) bond motifs is 1. The average Bonchev–Trinajstić information content (AvgIpc) is 3.52. The Labute approximate surface area is 179 Å². The number of pyridine rings is 2. The summed E-state index contributed by atoms with van der Waals surface area (Å²) in [6.45, 7) is 2.27. The maximum atomic E-state index is 14.9. The highest BCUT2D eigenvalue weighted by atomic mass is 19.1. The number of nitriles is 1. The predicted octanol–water partition coefficient (Wildman–Crippen LogP) is 4.37. The highest BCUT2D eigenvalue weighted by Crippen LogP contribution is 2.36. The van der Waals surface area contributed by atoms with Crippen LogP contribution in [0.1, 0.15) is 44.1 Å². The lowest BCUT2D eigenvalue weighted by molar-refractivity contribution is 0.139. The monoisotopic (exact) mass is 415 g/mol. The fraction of sp³-hybridized carbons (Fsp3) is 0.348.